The van der Waals surface area contributed by atoms with Crippen molar-refractivity contribution in [3.05, 3.63) is 42.2 Å². The summed E-state index contributed by atoms with van der Waals surface area (Å²) in [5, 5.41) is 10.9. The fourth-order valence-electron chi connectivity index (χ4n) is 2.89. The predicted octanol–water partition coefficient (Wildman–Crippen LogP) is 1.27. The third-order valence-corrected chi connectivity index (χ3v) is 3.96. The van der Waals surface area contributed by atoms with Crippen molar-refractivity contribution in [1.82, 2.24) is 19.9 Å². The third-order valence-electron chi connectivity index (χ3n) is 3.96. The zero-order valence-corrected chi connectivity index (χ0v) is 11.3. The number of para-hydroxylation sites is 1. The molecule has 1 aromatic heterocycles. The summed E-state index contributed by atoms with van der Waals surface area (Å²) >= 11 is 0. The highest BCUT2D eigenvalue weighted by Gasteiger charge is 2.41. The number of carbonyl (C=O) groups excluding carboxylic acids is 1. The second kappa shape index (κ2) is 4.85. The fourth-order valence-corrected chi connectivity index (χ4v) is 2.89. The molecule has 0 aliphatic carbocycles. The maximum Gasteiger partial charge on any atom is 0.322 e. The topological polar surface area (TPSA) is 72.3 Å². The van der Waals surface area contributed by atoms with Crippen molar-refractivity contribution in [3.8, 4) is 0 Å². The summed E-state index contributed by atoms with van der Waals surface area (Å²) in [6, 6.07) is 9.38. The van der Waals surface area contributed by atoms with Gasteiger partial charge in [0.05, 0.1) is 37.2 Å². The molecule has 1 N–H and O–H groups in total. The number of likely N-dealkylation sites (tertiary alicyclic amines) is 1. The zero-order chi connectivity index (χ0) is 14.2. The molecule has 1 fully saturated rings. The van der Waals surface area contributed by atoms with Crippen LogP contribution in [0.4, 0.5) is 10.5 Å². The Hall–Kier alpha value is -2.41. The van der Waals surface area contributed by atoms with Gasteiger partial charge in [-0.25, -0.2) is 9.48 Å². The average molecular weight is 285 g/mol. The average Bonchev–Trinajstić information content (AvgIpc) is 3.14. The first-order valence-corrected chi connectivity index (χ1v) is 6.93. The number of ether oxygens (including phenoxy) is 1. The molecule has 7 nitrogen and oxygen atoms in total. The highest BCUT2D eigenvalue weighted by molar-refractivity contribution is 5.89. The lowest BCUT2D eigenvalue weighted by atomic mass is 10.2. The first-order chi connectivity index (χ1) is 10.3. The molecule has 0 saturated carbocycles. The molecule has 7 heteroatoms. The monoisotopic (exact) mass is 285 g/mol. The van der Waals surface area contributed by atoms with Gasteiger partial charge in [0, 0.05) is 12.2 Å². The van der Waals surface area contributed by atoms with Crippen LogP contribution in [0, 0.1) is 0 Å². The number of urea groups is 1. The quantitative estimate of drug-likeness (QED) is 0.856. The summed E-state index contributed by atoms with van der Waals surface area (Å²) in [6.07, 6.45) is 1.70. The van der Waals surface area contributed by atoms with Crippen molar-refractivity contribution in [2.24, 2.45) is 0 Å². The van der Waals surface area contributed by atoms with Crippen LogP contribution in [-0.4, -0.2) is 45.1 Å². The Labute approximate surface area is 121 Å². The van der Waals surface area contributed by atoms with E-state index in [1.807, 2.05) is 35.0 Å². The number of hydrogen-bond donors (Lipinski definition) is 1. The summed E-state index contributed by atoms with van der Waals surface area (Å²) in [4.78, 5) is 14.1. The van der Waals surface area contributed by atoms with E-state index in [2.05, 4.69) is 15.6 Å². The Morgan fingerprint density at radius 1 is 1.29 bits per heavy atom. The molecule has 4 rings (SSSR count). The van der Waals surface area contributed by atoms with Gasteiger partial charge in [-0.1, -0.05) is 23.4 Å². The molecule has 0 bridgehead atoms. The van der Waals surface area contributed by atoms with E-state index in [0.29, 0.717) is 19.7 Å². The van der Waals surface area contributed by atoms with Gasteiger partial charge in [0.15, 0.2) is 0 Å². The Morgan fingerprint density at radius 2 is 2.14 bits per heavy atom. The number of carbonyl (C=O) groups is 1. The second-order valence-corrected chi connectivity index (χ2v) is 5.29. The zero-order valence-electron chi connectivity index (χ0n) is 11.3. The molecule has 21 heavy (non-hydrogen) atoms. The van der Waals surface area contributed by atoms with Gasteiger partial charge < -0.3 is 15.0 Å². The van der Waals surface area contributed by atoms with E-state index in [4.69, 9.17) is 4.74 Å². The molecule has 2 atom stereocenters. The summed E-state index contributed by atoms with van der Waals surface area (Å²) in [5.74, 6) is 0. The molecule has 0 unspecified atom stereocenters. The normalized spacial score (nSPS) is 23.5. The third kappa shape index (κ3) is 2.15. The number of fused-ring (bicyclic) bond motifs is 3. The largest absolute Gasteiger partial charge is 0.368 e. The van der Waals surface area contributed by atoms with Crippen molar-refractivity contribution in [2.75, 3.05) is 18.4 Å². The van der Waals surface area contributed by atoms with Crippen molar-refractivity contribution >= 4 is 11.7 Å². The van der Waals surface area contributed by atoms with Crippen molar-refractivity contribution in [2.45, 2.75) is 18.8 Å². The van der Waals surface area contributed by atoms with Crippen LogP contribution in [-0.2, 0) is 11.3 Å². The van der Waals surface area contributed by atoms with Gasteiger partial charge in [-0.05, 0) is 12.1 Å². The summed E-state index contributed by atoms with van der Waals surface area (Å²) in [5.41, 5.74) is 1.75. The van der Waals surface area contributed by atoms with Crippen molar-refractivity contribution < 1.29 is 9.53 Å². The lowest BCUT2D eigenvalue weighted by Gasteiger charge is -2.25. The maximum atomic E-state index is 12.3. The van der Waals surface area contributed by atoms with Crippen molar-refractivity contribution in [1.29, 1.82) is 0 Å². The summed E-state index contributed by atoms with van der Waals surface area (Å²) in [6.45, 7) is 1.66. The molecule has 2 aliphatic rings. The van der Waals surface area contributed by atoms with Crippen LogP contribution in [0.2, 0.25) is 0 Å². The van der Waals surface area contributed by atoms with Crippen LogP contribution in [0.5, 0.6) is 0 Å². The van der Waals surface area contributed by atoms with Gasteiger partial charge in [0.25, 0.3) is 0 Å². The van der Waals surface area contributed by atoms with E-state index in [-0.39, 0.29) is 18.2 Å². The van der Waals surface area contributed by atoms with E-state index in [1.165, 1.54) is 0 Å². The highest BCUT2D eigenvalue weighted by Crippen LogP contribution is 2.30. The van der Waals surface area contributed by atoms with Crippen molar-refractivity contribution in [3.63, 3.8) is 0 Å². The number of nitrogens with zero attached hydrogens (tertiary/aromatic N) is 4. The molecular formula is C14H15N5O2. The van der Waals surface area contributed by atoms with Crippen LogP contribution in [0.15, 0.2) is 36.5 Å². The number of rotatable bonds is 1. The smallest absolute Gasteiger partial charge is 0.322 e. The first-order valence-electron chi connectivity index (χ1n) is 6.93. The standard InChI is InChI=1S/C14H15N5O2/c20-14(16-10-4-2-1-3-5-10)18-7-12-13(8-18)21-9-11-6-15-17-19(11)12/h1-6,12-13H,7-9H2,(H,16,20)/t12-,13-/m0/s1. The molecule has 1 aromatic carbocycles. The maximum absolute atomic E-state index is 12.3. The van der Waals surface area contributed by atoms with Crippen LogP contribution in [0.3, 0.4) is 0 Å². The van der Waals surface area contributed by atoms with Gasteiger partial charge in [0.2, 0.25) is 0 Å². The molecule has 2 aromatic rings. The van der Waals surface area contributed by atoms with E-state index in [0.717, 1.165) is 11.4 Å². The SMILES string of the molecule is O=C(Nc1ccccc1)N1C[C@@H]2OCc3cnnn3[C@H]2C1. The molecule has 0 spiro atoms. The Kier molecular flexibility index (Phi) is 2.85. The van der Waals surface area contributed by atoms with Gasteiger partial charge >= 0.3 is 6.03 Å². The molecule has 0 radical (unpaired) electrons. The van der Waals surface area contributed by atoms with E-state index < -0.39 is 0 Å². The molecule has 2 aliphatic heterocycles. The fraction of sp³-hybridized carbons (Fsp3) is 0.357. The summed E-state index contributed by atoms with van der Waals surface area (Å²) < 4.78 is 7.67. The van der Waals surface area contributed by atoms with Crippen LogP contribution in [0.1, 0.15) is 11.7 Å². The minimum Gasteiger partial charge on any atom is -0.368 e. The van der Waals surface area contributed by atoms with Crippen LogP contribution in [0.25, 0.3) is 0 Å². The molecule has 108 valence electrons. The Bertz CT molecular complexity index is 656. The van der Waals surface area contributed by atoms with Gasteiger partial charge in [0.1, 0.15) is 0 Å². The molecule has 3 heterocycles. The van der Waals surface area contributed by atoms with E-state index >= 15 is 0 Å². The van der Waals surface area contributed by atoms with Gasteiger partial charge in [-0.15, -0.1) is 5.10 Å². The number of anilines is 1. The van der Waals surface area contributed by atoms with Crippen LogP contribution >= 0.6 is 0 Å². The first kappa shape index (κ1) is 12.3. The number of nitrogens with one attached hydrogen (secondary N) is 1. The highest BCUT2D eigenvalue weighted by atomic mass is 16.5. The minimum atomic E-state index is -0.110. The molecule has 2 amide bonds. The Morgan fingerprint density at radius 3 is 3.00 bits per heavy atom. The lowest BCUT2D eigenvalue weighted by molar-refractivity contribution is -0.00433. The molecular weight excluding hydrogens is 270 g/mol. The van der Waals surface area contributed by atoms with Crippen LogP contribution < -0.4 is 5.32 Å². The second-order valence-electron chi connectivity index (χ2n) is 5.29. The predicted molar refractivity (Wildman–Crippen MR) is 74.7 cm³/mol. The molecule has 1 saturated heterocycles. The number of hydrogen-bond acceptors (Lipinski definition) is 4. The Balaban J connectivity index is 1.48. The minimum absolute atomic E-state index is 0.0132. The number of aromatic nitrogens is 3. The van der Waals surface area contributed by atoms with E-state index in [1.54, 1.807) is 11.1 Å². The van der Waals surface area contributed by atoms with E-state index in [9.17, 15) is 4.79 Å². The van der Waals surface area contributed by atoms with Gasteiger partial charge in [-0.2, -0.15) is 0 Å². The van der Waals surface area contributed by atoms with Gasteiger partial charge in [-0.3, -0.25) is 0 Å². The number of amides is 2. The number of benzene rings is 1. The lowest BCUT2D eigenvalue weighted by Crippen LogP contribution is -2.34. The summed E-state index contributed by atoms with van der Waals surface area (Å²) in [7, 11) is 0.